The highest BCUT2D eigenvalue weighted by Gasteiger charge is 2.74. The zero-order valence-corrected chi connectivity index (χ0v) is 13.1. The monoisotopic (exact) mass is 348 g/mol. The Morgan fingerprint density at radius 1 is 0.609 bits per heavy atom. The largest absolute Gasteiger partial charge is 0.459 e. The van der Waals surface area contributed by atoms with Crippen molar-refractivity contribution in [3.8, 4) is 0 Å². The standard InChI is InChI=1S/C16H23F7/c1-10-2-4-11(5-3-10)12-6-8-13(9-7-12)14(17,18)15(19,20)16(21,22)23/h10-13H,2-9H2,1H3. The lowest BCUT2D eigenvalue weighted by Gasteiger charge is -2.41. The van der Waals surface area contributed by atoms with Crippen molar-refractivity contribution in [3.63, 3.8) is 0 Å². The van der Waals surface area contributed by atoms with Gasteiger partial charge in [-0.2, -0.15) is 30.7 Å². The molecule has 0 nitrogen and oxygen atoms in total. The average Bonchev–Trinajstić information content (AvgIpc) is 2.47. The summed E-state index contributed by atoms with van der Waals surface area (Å²) in [6.45, 7) is 2.16. The molecular formula is C16H23F7. The molecular weight excluding hydrogens is 325 g/mol. The first-order valence-electron chi connectivity index (χ1n) is 8.29. The first kappa shape index (κ1) is 18.8. The summed E-state index contributed by atoms with van der Waals surface area (Å²) >= 11 is 0. The Kier molecular flexibility index (Phi) is 5.27. The summed E-state index contributed by atoms with van der Waals surface area (Å²) in [6.07, 6.45) is -1.91. The highest BCUT2D eigenvalue weighted by atomic mass is 19.4. The van der Waals surface area contributed by atoms with Crippen LogP contribution in [0, 0.1) is 23.7 Å². The summed E-state index contributed by atoms with van der Waals surface area (Å²) in [5.41, 5.74) is 0. The average molecular weight is 348 g/mol. The van der Waals surface area contributed by atoms with Gasteiger partial charge in [0.1, 0.15) is 0 Å². The van der Waals surface area contributed by atoms with Crippen molar-refractivity contribution in [2.24, 2.45) is 23.7 Å². The molecule has 0 unspecified atom stereocenters. The van der Waals surface area contributed by atoms with E-state index in [4.69, 9.17) is 0 Å². The van der Waals surface area contributed by atoms with Crippen LogP contribution in [0.4, 0.5) is 30.7 Å². The van der Waals surface area contributed by atoms with Crippen molar-refractivity contribution < 1.29 is 30.7 Å². The van der Waals surface area contributed by atoms with E-state index in [0.29, 0.717) is 24.7 Å². The van der Waals surface area contributed by atoms with Gasteiger partial charge in [-0.25, -0.2) is 0 Å². The van der Waals surface area contributed by atoms with E-state index in [1.54, 1.807) is 0 Å². The quantitative estimate of drug-likeness (QED) is 0.514. The highest BCUT2D eigenvalue weighted by Crippen LogP contribution is 2.54. The van der Waals surface area contributed by atoms with Crippen LogP contribution in [0.5, 0.6) is 0 Å². The predicted octanol–water partition coefficient (Wildman–Crippen LogP) is 6.45. The maximum Gasteiger partial charge on any atom is 0.459 e. The molecule has 0 spiro atoms. The van der Waals surface area contributed by atoms with Gasteiger partial charge in [0.15, 0.2) is 0 Å². The third kappa shape index (κ3) is 3.63. The SMILES string of the molecule is CC1CCC(C2CCC(C(F)(F)C(F)(F)C(F)(F)F)CC2)CC1. The number of hydrogen-bond acceptors (Lipinski definition) is 0. The molecule has 2 rings (SSSR count). The minimum absolute atomic E-state index is 0.189. The van der Waals surface area contributed by atoms with Crippen molar-refractivity contribution in [2.45, 2.75) is 76.3 Å². The molecule has 0 aromatic heterocycles. The van der Waals surface area contributed by atoms with Crippen LogP contribution < -0.4 is 0 Å². The van der Waals surface area contributed by atoms with Gasteiger partial charge < -0.3 is 0 Å². The molecule has 136 valence electrons. The summed E-state index contributed by atoms with van der Waals surface area (Å²) in [6, 6.07) is 0. The van der Waals surface area contributed by atoms with Gasteiger partial charge in [-0.15, -0.1) is 0 Å². The number of hydrogen-bond donors (Lipinski definition) is 0. The van der Waals surface area contributed by atoms with E-state index in [1.807, 2.05) is 0 Å². The maximum absolute atomic E-state index is 13.7. The molecule has 0 aliphatic heterocycles. The van der Waals surface area contributed by atoms with Crippen LogP contribution in [-0.2, 0) is 0 Å². The number of halogens is 7. The summed E-state index contributed by atoms with van der Waals surface area (Å²) in [4.78, 5) is 0. The molecule has 2 saturated carbocycles. The first-order valence-corrected chi connectivity index (χ1v) is 8.29. The molecule has 0 amide bonds. The van der Waals surface area contributed by atoms with Gasteiger partial charge >= 0.3 is 18.0 Å². The van der Waals surface area contributed by atoms with Crippen LogP contribution in [-0.4, -0.2) is 18.0 Å². The summed E-state index contributed by atoms with van der Waals surface area (Å²) in [5, 5.41) is 0. The van der Waals surface area contributed by atoms with E-state index in [2.05, 4.69) is 6.92 Å². The molecule has 23 heavy (non-hydrogen) atoms. The van der Waals surface area contributed by atoms with Crippen LogP contribution in [0.1, 0.15) is 58.3 Å². The van der Waals surface area contributed by atoms with E-state index in [9.17, 15) is 30.7 Å². The van der Waals surface area contributed by atoms with Crippen LogP contribution >= 0.6 is 0 Å². The first-order chi connectivity index (χ1) is 10.5. The van der Waals surface area contributed by atoms with Crippen LogP contribution in [0.15, 0.2) is 0 Å². The van der Waals surface area contributed by atoms with E-state index < -0.39 is 23.9 Å². The van der Waals surface area contributed by atoms with Crippen molar-refractivity contribution in [3.05, 3.63) is 0 Å². The molecule has 0 N–H and O–H groups in total. The van der Waals surface area contributed by atoms with Gasteiger partial charge in [-0.05, 0) is 56.3 Å². The van der Waals surface area contributed by atoms with Gasteiger partial charge in [0.2, 0.25) is 0 Å². The molecule has 2 fully saturated rings. The molecule has 2 aliphatic rings. The number of alkyl halides is 7. The van der Waals surface area contributed by atoms with Crippen molar-refractivity contribution >= 4 is 0 Å². The Morgan fingerprint density at radius 2 is 1.00 bits per heavy atom. The van der Waals surface area contributed by atoms with Crippen LogP contribution in [0.3, 0.4) is 0 Å². The summed E-state index contributed by atoms with van der Waals surface area (Å²) in [5.74, 6) is -11.6. The number of rotatable bonds is 3. The van der Waals surface area contributed by atoms with E-state index >= 15 is 0 Å². The third-order valence-electron chi connectivity index (χ3n) is 5.79. The predicted molar refractivity (Wildman–Crippen MR) is 72.5 cm³/mol. The Hall–Kier alpha value is -0.490. The molecule has 7 heteroatoms. The summed E-state index contributed by atoms with van der Waals surface area (Å²) < 4.78 is 90.5. The molecule has 2 aliphatic carbocycles. The fourth-order valence-corrected chi connectivity index (χ4v) is 4.16. The lowest BCUT2D eigenvalue weighted by molar-refractivity contribution is -0.367. The van der Waals surface area contributed by atoms with Gasteiger partial charge in [0.25, 0.3) is 0 Å². The topological polar surface area (TPSA) is 0 Å². The Bertz CT molecular complexity index is 386. The van der Waals surface area contributed by atoms with Gasteiger partial charge in [-0.1, -0.05) is 19.8 Å². The molecule has 0 aromatic carbocycles. The zero-order chi connectivity index (χ0) is 17.5. The van der Waals surface area contributed by atoms with E-state index in [0.717, 1.165) is 25.7 Å². The lowest BCUT2D eigenvalue weighted by Crippen LogP contribution is -2.56. The van der Waals surface area contributed by atoms with Gasteiger partial charge in [0, 0.05) is 5.92 Å². The Morgan fingerprint density at radius 3 is 1.39 bits per heavy atom. The van der Waals surface area contributed by atoms with Crippen molar-refractivity contribution in [1.29, 1.82) is 0 Å². The second-order valence-corrected chi connectivity index (χ2v) is 7.33. The Labute approximate surface area is 131 Å². The fourth-order valence-electron chi connectivity index (χ4n) is 4.16. The van der Waals surface area contributed by atoms with E-state index in [1.165, 1.54) is 0 Å². The molecule has 0 bridgehead atoms. The van der Waals surface area contributed by atoms with Crippen molar-refractivity contribution in [2.75, 3.05) is 0 Å². The van der Waals surface area contributed by atoms with Gasteiger partial charge in [-0.3, -0.25) is 0 Å². The Balaban J connectivity index is 1.95. The molecule has 0 saturated heterocycles. The maximum atomic E-state index is 13.7. The van der Waals surface area contributed by atoms with Crippen LogP contribution in [0.2, 0.25) is 0 Å². The molecule has 0 radical (unpaired) electrons. The van der Waals surface area contributed by atoms with Crippen LogP contribution in [0.25, 0.3) is 0 Å². The van der Waals surface area contributed by atoms with Gasteiger partial charge in [0.05, 0.1) is 0 Å². The normalized spacial score (nSPS) is 34.4. The fraction of sp³-hybridized carbons (Fsp3) is 1.00. The minimum atomic E-state index is -6.22. The lowest BCUT2D eigenvalue weighted by atomic mass is 9.68. The third-order valence-corrected chi connectivity index (χ3v) is 5.79. The minimum Gasteiger partial charge on any atom is -0.199 e. The molecule has 0 atom stereocenters. The zero-order valence-electron chi connectivity index (χ0n) is 13.1. The second-order valence-electron chi connectivity index (χ2n) is 7.33. The van der Waals surface area contributed by atoms with Crippen molar-refractivity contribution in [1.82, 2.24) is 0 Å². The highest BCUT2D eigenvalue weighted by molar-refractivity contribution is 4.97. The second kappa shape index (κ2) is 6.43. The molecule has 0 aromatic rings. The van der Waals surface area contributed by atoms with E-state index in [-0.39, 0.29) is 18.8 Å². The summed E-state index contributed by atoms with van der Waals surface area (Å²) in [7, 11) is 0. The smallest absolute Gasteiger partial charge is 0.199 e. The molecule has 0 heterocycles.